The van der Waals surface area contributed by atoms with E-state index in [1.54, 1.807) is 19.1 Å². The summed E-state index contributed by atoms with van der Waals surface area (Å²) in [5, 5.41) is 6.67. The third kappa shape index (κ3) is 8.55. The molecule has 0 aliphatic carbocycles. The molecule has 1 fully saturated rings. The molecule has 8 heteroatoms. The summed E-state index contributed by atoms with van der Waals surface area (Å²) in [6.45, 7) is 10.4. The minimum atomic E-state index is -0.475. The molecule has 174 valence electrons. The molecular formula is C23H38N4O4. The first-order valence-electron chi connectivity index (χ1n) is 10.9. The van der Waals surface area contributed by atoms with E-state index in [9.17, 15) is 4.79 Å². The van der Waals surface area contributed by atoms with Crippen molar-refractivity contribution in [1.82, 2.24) is 15.5 Å². The lowest BCUT2D eigenvalue weighted by Gasteiger charge is -2.34. The number of rotatable bonds is 7. The van der Waals surface area contributed by atoms with E-state index in [0.717, 1.165) is 25.9 Å². The maximum absolute atomic E-state index is 12.4. The molecule has 1 aromatic carbocycles. The van der Waals surface area contributed by atoms with Gasteiger partial charge in [-0.3, -0.25) is 4.99 Å². The third-order valence-corrected chi connectivity index (χ3v) is 4.91. The number of piperidine rings is 1. The van der Waals surface area contributed by atoms with Crippen molar-refractivity contribution in [3.05, 3.63) is 24.3 Å². The number of benzene rings is 1. The molecule has 2 rings (SSSR count). The molecule has 1 amide bonds. The summed E-state index contributed by atoms with van der Waals surface area (Å²) in [5.74, 6) is 2.49. The van der Waals surface area contributed by atoms with E-state index in [4.69, 9.17) is 14.2 Å². The first-order chi connectivity index (χ1) is 14.7. The molecule has 0 saturated carbocycles. The van der Waals surface area contributed by atoms with Crippen molar-refractivity contribution in [2.75, 3.05) is 40.3 Å². The second-order valence-electron chi connectivity index (χ2n) is 8.85. The zero-order valence-corrected chi connectivity index (χ0v) is 19.7. The Labute approximate surface area is 186 Å². The van der Waals surface area contributed by atoms with Crippen molar-refractivity contribution in [1.29, 1.82) is 0 Å². The quantitative estimate of drug-likeness (QED) is 0.506. The van der Waals surface area contributed by atoms with Gasteiger partial charge in [0, 0.05) is 26.7 Å². The number of nitrogens with zero attached hydrogens (tertiary/aromatic N) is 2. The number of hydrogen-bond acceptors (Lipinski definition) is 5. The fourth-order valence-electron chi connectivity index (χ4n) is 3.40. The van der Waals surface area contributed by atoms with Gasteiger partial charge in [-0.1, -0.05) is 12.1 Å². The number of ether oxygens (including phenoxy) is 3. The van der Waals surface area contributed by atoms with Crippen molar-refractivity contribution >= 4 is 12.1 Å². The average Bonchev–Trinajstić information content (AvgIpc) is 2.73. The van der Waals surface area contributed by atoms with E-state index in [-0.39, 0.29) is 12.2 Å². The SMILES string of the molecule is CN=C(NCC1CCCN(C(=O)OC(C)(C)C)C1)NCC(C)Oc1ccccc1OC. The van der Waals surface area contributed by atoms with Crippen LogP contribution in [0.15, 0.2) is 29.3 Å². The van der Waals surface area contributed by atoms with Gasteiger partial charge in [-0.25, -0.2) is 4.79 Å². The molecule has 1 aromatic rings. The number of guanidine groups is 1. The van der Waals surface area contributed by atoms with E-state index < -0.39 is 5.60 Å². The number of likely N-dealkylation sites (tertiary alicyclic amines) is 1. The zero-order chi connectivity index (χ0) is 22.9. The number of para-hydroxylation sites is 2. The highest BCUT2D eigenvalue weighted by Crippen LogP contribution is 2.26. The van der Waals surface area contributed by atoms with Crippen LogP contribution in [0.1, 0.15) is 40.5 Å². The predicted molar refractivity (Wildman–Crippen MR) is 123 cm³/mol. The van der Waals surface area contributed by atoms with E-state index >= 15 is 0 Å². The van der Waals surface area contributed by atoms with Crippen LogP contribution in [0.5, 0.6) is 11.5 Å². The molecule has 0 spiro atoms. The molecule has 2 atom stereocenters. The number of carbonyl (C=O) groups excluding carboxylic acids is 1. The number of nitrogens with one attached hydrogen (secondary N) is 2. The van der Waals surface area contributed by atoms with Gasteiger partial charge >= 0.3 is 6.09 Å². The number of carbonyl (C=O) groups is 1. The van der Waals surface area contributed by atoms with Gasteiger partial charge in [-0.2, -0.15) is 0 Å². The lowest BCUT2D eigenvalue weighted by Crippen LogP contribution is -2.48. The van der Waals surface area contributed by atoms with E-state index in [2.05, 4.69) is 15.6 Å². The average molecular weight is 435 g/mol. The van der Waals surface area contributed by atoms with Crippen molar-refractivity contribution in [3.63, 3.8) is 0 Å². The normalized spacial score (nSPS) is 18.2. The second-order valence-corrected chi connectivity index (χ2v) is 8.85. The summed E-state index contributed by atoms with van der Waals surface area (Å²) < 4.78 is 16.8. The van der Waals surface area contributed by atoms with Crippen LogP contribution in [0.2, 0.25) is 0 Å². The van der Waals surface area contributed by atoms with Gasteiger partial charge in [0.1, 0.15) is 11.7 Å². The molecule has 0 aromatic heterocycles. The maximum atomic E-state index is 12.4. The molecule has 1 saturated heterocycles. The number of amides is 1. The highest BCUT2D eigenvalue weighted by molar-refractivity contribution is 5.79. The van der Waals surface area contributed by atoms with E-state index in [0.29, 0.717) is 36.5 Å². The Morgan fingerprint density at radius 2 is 1.97 bits per heavy atom. The smallest absolute Gasteiger partial charge is 0.410 e. The highest BCUT2D eigenvalue weighted by atomic mass is 16.6. The fraction of sp³-hybridized carbons (Fsp3) is 0.652. The van der Waals surface area contributed by atoms with Crippen LogP contribution in [-0.2, 0) is 4.74 Å². The third-order valence-electron chi connectivity index (χ3n) is 4.91. The van der Waals surface area contributed by atoms with Gasteiger partial charge in [0.2, 0.25) is 0 Å². The molecule has 0 radical (unpaired) electrons. The van der Waals surface area contributed by atoms with Gasteiger partial charge in [0.25, 0.3) is 0 Å². The van der Waals surface area contributed by atoms with Gasteiger partial charge in [0.15, 0.2) is 17.5 Å². The standard InChI is InChI=1S/C23H38N4O4/c1-17(30-20-12-8-7-11-19(20)29-6)14-25-21(24-5)26-15-18-10-9-13-27(16-18)22(28)31-23(2,3)4/h7-8,11-12,17-18H,9-10,13-16H2,1-6H3,(H2,24,25,26). The molecule has 1 aliphatic heterocycles. The molecule has 2 N–H and O–H groups in total. The summed E-state index contributed by atoms with van der Waals surface area (Å²) in [4.78, 5) is 18.5. The lowest BCUT2D eigenvalue weighted by atomic mass is 9.98. The molecule has 1 heterocycles. The van der Waals surface area contributed by atoms with Crippen molar-refractivity contribution in [2.24, 2.45) is 10.9 Å². The number of methoxy groups -OCH3 is 1. The van der Waals surface area contributed by atoms with Gasteiger partial charge in [0.05, 0.1) is 13.7 Å². The summed E-state index contributed by atoms with van der Waals surface area (Å²) in [6.07, 6.45) is 1.73. The summed E-state index contributed by atoms with van der Waals surface area (Å²) >= 11 is 0. The second kappa shape index (κ2) is 11.7. The van der Waals surface area contributed by atoms with Crippen LogP contribution in [-0.4, -0.2) is 69.0 Å². The van der Waals surface area contributed by atoms with Gasteiger partial charge < -0.3 is 29.7 Å². The van der Waals surface area contributed by atoms with Crippen LogP contribution in [0, 0.1) is 5.92 Å². The fourth-order valence-corrected chi connectivity index (χ4v) is 3.40. The molecule has 1 aliphatic rings. The Bertz CT molecular complexity index is 733. The topological polar surface area (TPSA) is 84.4 Å². The summed E-state index contributed by atoms with van der Waals surface area (Å²) in [7, 11) is 3.38. The van der Waals surface area contributed by atoms with Crippen LogP contribution < -0.4 is 20.1 Å². The minimum Gasteiger partial charge on any atom is -0.493 e. The van der Waals surface area contributed by atoms with Crippen LogP contribution >= 0.6 is 0 Å². The Balaban J connectivity index is 1.77. The molecule has 0 bridgehead atoms. The monoisotopic (exact) mass is 434 g/mol. The lowest BCUT2D eigenvalue weighted by molar-refractivity contribution is 0.0168. The zero-order valence-electron chi connectivity index (χ0n) is 19.7. The van der Waals surface area contributed by atoms with Gasteiger partial charge in [-0.05, 0) is 58.6 Å². The van der Waals surface area contributed by atoms with Crippen LogP contribution in [0.3, 0.4) is 0 Å². The Morgan fingerprint density at radius 3 is 2.61 bits per heavy atom. The van der Waals surface area contributed by atoms with Crippen molar-refractivity contribution in [2.45, 2.75) is 52.2 Å². The maximum Gasteiger partial charge on any atom is 0.410 e. The van der Waals surface area contributed by atoms with E-state index in [1.165, 1.54) is 0 Å². The predicted octanol–water partition coefficient (Wildman–Crippen LogP) is 3.27. The largest absolute Gasteiger partial charge is 0.493 e. The Morgan fingerprint density at radius 1 is 1.26 bits per heavy atom. The molecular weight excluding hydrogens is 396 g/mol. The number of hydrogen-bond donors (Lipinski definition) is 2. The number of aliphatic imine (C=N–C) groups is 1. The minimum absolute atomic E-state index is 0.0767. The first kappa shape index (κ1) is 24.6. The van der Waals surface area contributed by atoms with Crippen molar-refractivity contribution in [3.8, 4) is 11.5 Å². The molecule has 31 heavy (non-hydrogen) atoms. The van der Waals surface area contributed by atoms with Gasteiger partial charge in [-0.15, -0.1) is 0 Å². The Hall–Kier alpha value is -2.64. The van der Waals surface area contributed by atoms with Crippen LogP contribution in [0.25, 0.3) is 0 Å². The van der Waals surface area contributed by atoms with Crippen LogP contribution in [0.4, 0.5) is 4.79 Å². The summed E-state index contributed by atoms with van der Waals surface area (Å²) in [5.41, 5.74) is -0.475. The molecule has 8 nitrogen and oxygen atoms in total. The molecule has 2 unspecified atom stereocenters. The van der Waals surface area contributed by atoms with Crippen molar-refractivity contribution < 1.29 is 19.0 Å². The van der Waals surface area contributed by atoms with E-state index in [1.807, 2.05) is 52.0 Å². The summed E-state index contributed by atoms with van der Waals surface area (Å²) in [6, 6.07) is 7.60. The highest BCUT2D eigenvalue weighted by Gasteiger charge is 2.27. The Kier molecular flexibility index (Phi) is 9.27. The first-order valence-corrected chi connectivity index (χ1v) is 10.9.